The summed E-state index contributed by atoms with van der Waals surface area (Å²) in [5, 5.41) is 0. The van der Waals surface area contributed by atoms with Crippen LogP contribution in [0.25, 0.3) is 0 Å². The summed E-state index contributed by atoms with van der Waals surface area (Å²) < 4.78 is 33.2. The Morgan fingerprint density at radius 1 is 1.36 bits per heavy atom. The molecule has 3 atom stereocenters. The molecule has 4 nitrogen and oxygen atoms in total. The highest BCUT2D eigenvalue weighted by Gasteiger charge is 2.70. The van der Waals surface area contributed by atoms with Crippen LogP contribution < -0.4 is 0 Å². The van der Waals surface area contributed by atoms with Crippen molar-refractivity contribution in [3.05, 3.63) is 34.9 Å². The number of rotatable bonds is 3. The van der Waals surface area contributed by atoms with E-state index in [1.54, 1.807) is 20.8 Å². The molecule has 4 rings (SSSR count). The van der Waals surface area contributed by atoms with E-state index in [1.165, 1.54) is 23.1 Å². The second-order valence-electron chi connectivity index (χ2n) is 9.02. The van der Waals surface area contributed by atoms with Crippen molar-refractivity contribution in [2.75, 3.05) is 13.1 Å². The van der Waals surface area contributed by atoms with E-state index in [0.717, 1.165) is 0 Å². The minimum Gasteiger partial charge on any atom is -0.459 e. The molecule has 1 aromatic carbocycles. The van der Waals surface area contributed by atoms with Crippen molar-refractivity contribution in [3.8, 4) is 0 Å². The van der Waals surface area contributed by atoms with Gasteiger partial charge in [0.25, 0.3) is 5.91 Å². The van der Waals surface area contributed by atoms with Gasteiger partial charge in [0.2, 0.25) is 0 Å². The molecule has 0 N–H and O–H groups in total. The number of carbonyl (C=O) groups excluding carboxylic acids is 2. The number of hydrogen-bond donors (Lipinski definition) is 0. The lowest BCUT2D eigenvalue weighted by atomic mass is 9.84. The Hall–Kier alpha value is -1.40. The predicted octanol–water partition coefficient (Wildman–Crippen LogP) is 4.21. The number of ether oxygens (including phenoxy) is 1. The SMILES string of the molecule is CC(C)(C)OC(=O)CN1C[C@@]2(C[C@@H]2F)c2cc(C3(F)CC3(Cl)Cl)ccc2C1=O. The van der Waals surface area contributed by atoms with Gasteiger partial charge in [0.15, 0.2) is 10.0 Å². The first-order valence-corrected chi connectivity index (χ1v) is 9.92. The molecule has 0 bridgehead atoms. The summed E-state index contributed by atoms with van der Waals surface area (Å²) in [4.78, 5) is 26.4. The van der Waals surface area contributed by atoms with Crippen molar-refractivity contribution in [3.63, 3.8) is 0 Å². The van der Waals surface area contributed by atoms with E-state index in [4.69, 9.17) is 27.9 Å². The average Bonchev–Trinajstić information content (AvgIpc) is 3.35. The van der Waals surface area contributed by atoms with Crippen LogP contribution >= 0.6 is 23.2 Å². The van der Waals surface area contributed by atoms with Gasteiger partial charge in [-0.25, -0.2) is 8.78 Å². The number of hydrogen-bond acceptors (Lipinski definition) is 3. The molecule has 152 valence electrons. The van der Waals surface area contributed by atoms with Crippen molar-refractivity contribution in [1.82, 2.24) is 4.90 Å². The first kappa shape index (κ1) is 19.9. The van der Waals surface area contributed by atoms with Gasteiger partial charge < -0.3 is 9.64 Å². The summed E-state index contributed by atoms with van der Waals surface area (Å²) in [5.74, 6) is -0.953. The Kier molecular flexibility index (Phi) is 4.13. The van der Waals surface area contributed by atoms with Crippen LogP contribution in [0.2, 0.25) is 0 Å². The summed E-state index contributed by atoms with van der Waals surface area (Å²) in [5.41, 5.74) is -2.51. The first-order chi connectivity index (χ1) is 12.8. The maximum atomic E-state index is 14.9. The van der Waals surface area contributed by atoms with Gasteiger partial charge >= 0.3 is 5.97 Å². The molecule has 1 heterocycles. The highest BCUT2D eigenvalue weighted by atomic mass is 35.5. The van der Waals surface area contributed by atoms with E-state index < -0.39 is 39.1 Å². The molecule has 0 saturated heterocycles. The number of benzene rings is 1. The summed E-state index contributed by atoms with van der Waals surface area (Å²) in [7, 11) is 0. The van der Waals surface area contributed by atoms with Crippen LogP contribution in [0.1, 0.15) is 55.1 Å². The molecule has 0 radical (unpaired) electrons. The highest BCUT2D eigenvalue weighted by Crippen LogP contribution is 2.66. The third-order valence-electron chi connectivity index (χ3n) is 5.65. The lowest BCUT2D eigenvalue weighted by Gasteiger charge is -2.35. The van der Waals surface area contributed by atoms with Gasteiger partial charge in [-0.3, -0.25) is 9.59 Å². The second kappa shape index (κ2) is 5.82. The summed E-state index contributed by atoms with van der Waals surface area (Å²) in [6.45, 7) is 4.99. The van der Waals surface area contributed by atoms with E-state index in [-0.39, 0.29) is 37.1 Å². The highest BCUT2D eigenvalue weighted by molar-refractivity contribution is 6.52. The summed E-state index contributed by atoms with van der Waals surface area (Å²) >= 11 is 11.9. The quantitative estimate of drug-likeness (QED) is 0.531. The Bertz CT molecular complexity index is 885. The Morgan fingerprint density at radius 2 is 1.96 bits per heavy atom. The Morgan fingerprint density at radius 3 is 2.46 bits per heavy atom. The molecule has 1 aliphatic heterocycles. The van der Waals surface area contributed by atoms with Gasteiger partial charge in [0.1, 0.15) is 18.3 Å². The van der Waals surface area contributed by atoms with Crippen LogP contribution in [0.3, 0.4) is 0 Å². The van der Waals surface area contributed by atoms with E-state index in [2.05, 4.69) is 0 Å². The van der Waals surface area contributed by atoms with Gasteiger partial charge in [-0.15, -0.1) is 0 Å². The third kappa shape index (κ3) is 3.00. The van der Waals surface area contributed by atoms with Crippen LogP contribution in [0.15, 0.2) is 18.2 Å². The van der Waals surface area contributed by atoms with E-state index >= 15 is 0 Å². The van der Waals surface area contributed by atoms with E-state index in [0.29, 0.717) is 5.56 Å². The van der Waals surface area contributed by atoms with Crippen molar-refractivity contribution in [2.45, 2.75) is 60.8 Å². The van der Waals surface area contributed by atoms with Crippen LogP contribution in [0.4, 0.5) is 8.78 Å². The van der Waals surface area contributed by atoms with Crippen molar-refractivity contribution in [2.24, 2.45) is 0 Å². The minimum absolute atomic E-state index is 0.0489. The minimum atomic E-state index is -1.90. The normalized spacial score (nSPS) is 32.9. The van der Waals surface area contributed by atoms with Gasteiger partial charge in [-0.2, -0.15) is 0 Å². The smallest absolute Gasteiger partial charge is 0.326 e. The number of esters is 1. The Balaban J connectivity index is 1.65. The standard InChI is InChI=1S/C20H21Cl2F2NO3/c1-17(2,3)28-15(26)8-25-10-18(7-14(18)23)13-6-11(4-5-12(13)16(25)27)19(24)9-20(19,21)22/h4-6,14H,7-10H2,1-3H3/t14-,18-,19?/m0/s1. The zero-order chi connectivity index (χ0) is 20.7. The average molecular weight is 432 g/mol. The van der Waals surface area contributed by atoms with Crippen molar-refractivity contribution < 1.29 is 23.1 Å². The van der Waals surface area contributed by atoms with Crippen molar-refractivity contribution >= 4 is 35.1 Å². The Labute approximate surface area is 172 Å². The molecule has 1 amide bonds. The molecule has 1 spiro atoms. The number of halogens is 4. The van der Waals surface area contributed by atoms with Gasteiger partial charge in [-0.1, -0.05) is 35.3 Å². The molecule has 2 fully saturated rings. The number of fused-ring (bicyclic) bond motifs is 2. The largest absolute Gasteiger partial charge is 0.459 e. The third-order valence-corrected chi connectivity index (χ3v) is 6.51. The summed E-state index contributed by atoms with van der Waals surface area (Å²) in [6, 6.07) is 4.46. The van der Waals surface area contributed by atoms with E-state index in [1.807, 2.05) is 0 Å². The van der Waals surface area contributed by atoms with Crippen molar-refractivity contribution in [1.29, 1.82) is 0 Å². The van der Waals surface area contributed by atoms with Crippen LogP contribution in [0, 0.1) is 0 Å². The fourth-order valence-electron chi connectivity index (χ4n) is 3.99. The molecule has 2 saturated carbocycles. The van der Waals surface area contributed by atoms with Gasteiger partial charge in [-0.05, 0) is 44.4 Å². The fourth-order valence-corrected chi connectivity index (χ4v) is 4.58. The van der Waals surface area contributed by atoms with Crippen LogP contribution in [-0.4, -0.2) is 46.0 Å². The first-order valence-electron chi connectivity index (χ1n) is 9.16. The topological polar surface area (TPSA) is 46.6 Å². The maximum Gasteiger partial charge on any atom is 0.326 e. The molecule has 1 aromatic rings. The lowest BCUT2D eigenvalue weighted by Crippen LogP contribution is -2.47. The molecule has 1 unspecified atom stereocenters. The van der Waals surface area contributed by atoms with Crippen LogP contribution in [0.5, 0.6) is 0 Å². The molecule has 2 aliphatic carbocycles. The fraction of sp³-hybridized carbons (Fsp3) is 0.600. The van der Waals surface area contributed by atoms with Crippen LogP contribution in [-0.2, 0) is 20.6 Å². The molecular formula is C20H21Cl2F2NO3. The predicted molar refractivity (Wildman–Crippen MR) is 101 cm³/mol. The van der Waals surface area contributed by atoms with E-state index in [9.17, 15) is 18.4 Å². The molecule has 3 aliphatic rings. The maximum absolute atomic E-state index is 14.9. The number of carbonyl (C=O) groups is 2. The number of amides is 1. The molecule has 0 aromatic heterocycles. The molecular weight excluding hydrogens is 411 g/mol. The summed E-state index contributed by atoms with van der Waals surface area (Å²) in [6.07, 6.45) is -0.998. The van der Waals surface area contributed by atoms with Gasteiger partial charge in [0, 0.05) is 23.9 Å². The number of nitrogens with zero attached hydrogens (tertiary/aromatic N) is 1. The number of alkyl halides is 4. The zero-order valence-corrected chi connectivity index (χ0v) is 17.3. The van der Waals surface area contributed by atoms with Gasteiger partial charge in [0.05, 0.1) is 0 Å². The molecule has 8 heteroatoms. The lowest BCUT2D eigenvalue weighted by molar-refractivity contribution is -0.155. The monoisotopic (exact) mass is 431 g/mol. The zero-order valence-electron chi connectivity index (χ0n) is 15.8. The second-order valence-corrected chi connectivity index (χ2v) is 10.5. The molecule has 28 heavy (non-hydrogen) atoms.